The summed E-state index contributed by atoms with van der Waals surface area (Å²) in [7, 11) is -2.67. The Kier molecular flexibility index (Phi) is 5.75. The molecule has 0 radical (unpaired) electrons. The number of carbonyl (C=O) groups is 1. The van der Waals surface area contributed by atoms with Crippen LogP contribution < -0.4 is 14.8 Å². The first kappa shape index (κ1) is 20.9. The van der Waals surface area contributed by atoms with Crippen LogP contribution in [-0.2, 0) is 14.8 Å². The maximum absolute atomic E-state index is 13.0. The van der Waals surface area contributed by atoms with Crippen molar-refractivity contribution in [1.82, 2.24) is 5.16 Å². The number of methoxy groups -OCH3 is 1. The van der Waals surface area contributed by atoms with Gasteiger partial charge in [-0.05, 0) is 48.9 Å². The largest absolute Gasteiger partial charge is 0.495 e. The van der Waals surface area contributed by atoms with Gasteiger partial charge in [0.15, 0.2) is 0 Å². The number of hydrogen-bond acceptors (Lipinski definition) is 7. The highest BCUT2D eigenvalue weighted by atomic mass is 32.2. The third-order valence-corrected chi connectivity index (χ3v) is 5.56. The van der Waals surface area contributed by atoms with Gasteiger partial charge >= 0.3 is 0 Å². The van der Waals surface area contributed by atoms with Gasteiger partial charge < -0.3 is 9.26 Å². The molecule has 2 N–H and O–H groups in total. The molecule has 1 amide bonds. The monoisotopic (exact) mass is 426 g/mol. The van der Waals surface area contributed by atoms with Crippen LogP contribution in [0.25, 0.3) is 11.1 Å². The van der Waals surface area contributed by atoms with Crippen LogP contribution in [0.2, 0.25) is 0 Å². The Morgan fingerprint density at radius 3 is 2.50 bits per heavy atom. The summed E-state index contributed by atoms with van der Waals surface area (Å²) in [5.74, 6) is -0.0973. The lowest BCUT2D eigenvalue weighted by Crippen LogP contribution is -2.14. The number of carbonyl (C=O) groups excluding carboxylic acids is 1. The number of nitriles is 1. The van der Waals surface area contributed by atoms with Crippen molar-refractivity contribution >= 4 is 27.5 Å². The summed E-state index contributed by atoms with van der Waals surface area (Å²) in [5, 5.41) is 15.3. The average molecular weight is 426 g/mol. The average Bonchev–Trinajstić information content (AvgIpc) is 3.07. The van der Waals surface area contributed by atoms with Crippen LogP contribution in [0.3, 0.4) is 0 Å². The molecule has 0 atom stereocenters. The van der Waals surface area contributed by atoms with Gasteiger partial charge in [-0.2, -0.15) is 5.26 Å². The fourth-order valence-corrected chi connectivity index (χ4v) is 4.07. The Hall–Kier alpha value is -3.84. The highest BCUT2D eigenvalue weighted by Crippen LogP contribution is 2.36. The molecular formula is C20H18N4O5S. The van der Waals surface area contributed by atoms with Crippen LogP contribution in [0.1, 0.15) is 18.2 Å². The van der Waals surface area contributed by atoms with Gasteiger partial charge in [-0.1, -0.05) is 11.2 Å². The minimum Gasteiger partial charge on any atom is -0.495 e. The standard InChI is InChI=1S/C20H18N4O5S/c1-12-19(20(29-23-12)22-13(2)25)15-6-9-17(28-3)18(10-15)30(26,27)24-16-7-4-14(11-21)5-8-16/h4-10,24H,1-3H3,(H,22,25). The zero-order valence-electron chi connectivity index (χ0n) is 16.4. The van der Waals surface area contributed by atoms with Gasteiger partial charge in [0.25, 0.3) is 10.0 Å². The highest BCUT2D eigenvalue weighted by molar-refractivity contribution is 7.92. The van der Waals surface area contributed by atoms with Crippen LogP contribution >= 0.6 is 0 Å². The molecule has 0 saturated heterocycles. The smallest absolute Gasteiger partial charge is 0.265 e. The van der Waals surface area contributed by atoms with E-state index in [-0.39, 0.29) is 22.4 Å². The molecule has 0 bridgehead atoms. The van der Waals surface area contributed by atoms with Crippen molar-refractivity contribution in [3.05, 3.63) is 53.7 Å². The molecule has 0 unspecified atom stereocenters. The molecule has 0 aliphatic rings. The first-order valence-corrected chi connectivity index (χ1v) is 10.2. The number of anilines is 2. The lowest BCUT2D eigenvalue weighted by atomic mass is 10.1. The first-order valence-electron chi connectivity index (χ1n) is 8.70. The fraction of sp³-hybridized carbons (Fsp3) is 0.150. The van der Waals surface area contributed by atoms with Crippen molar-refractivity contribution < 1.29 is 22.5 Å². The molecule has 2 aromatic carbocycles. The van der Waals surface area contributed by atoms with E-state index in [0.29, 0.717) is 28.1 Å². The molecule has 1 aromatic heterocycles. The number of rotatable bonds is 6. The van der Waals surface area contributed by atoms with Crippen molar-refractivity contribution in [2.75, 3.05) is 17.1 Å². The molecular weight excluding hydrogens is 408 g/mol. The first-order chi connectivity index (χ1) is 14.2. The Labute approximate surface area is 173 Å². The maximum atomic E-state index is 13.0. The molecule has 10 heteroatoms. The van der Waals surface area contributed by atoms with E-state index in [4.69, 9.17) is 14.5 Å². The predicted molar refractivity (Wildman–Crippen MR) is 109 cm³/mol. The predicted octanol–water partition coefficient (Wildman–Crippen LogP) is 3.29. The topological polar surface area (TPSA) is 134 Å². The summed E-state index contributed by atoms with van der Waals surface area (Å²) in [6.07, 6.45) is 0. The van der Waals surface area contributed by atoms with Crippen molar-refractivity contribution in [3.63, 3.8) is 0 Å². The molecule has 0 aliphatic heterocycles. The lowest BCUT2D eigenvalue weighted by molar-refractivity contribution is -0.114. The van der Waals surface area contributed by atoms with Crippen molar-refractivity contribution in [1.29, 1.82) is 5.26 Å². The third kappa shape index (κ3) is 4.26. The molecule has 0 spiro atoms. The molecule has 0 fully saturated rings. The van der Waals surface area contributed by atoms with E-state index >= 15 is 0 Å². The summed E-state index contributed by atoms with van der Waals surface area (Å²) < 4.78 is 38.9. The Balaban J connectivity index is 2.06. The van der Waals surface area contributed by atoms with Gasteiger partial charge in [-0.3, -0.25) is 14.8 Å². The van der Waals surface area contributed by atoms with Crippen LogP contribution in [0.15, 0.2) is 51.9 Å². The second kappa shape index (κ2) is 8.26. The van der Waals surface area contributed by atoms with E-state index in [9.17, 15) is 13.2 Å². The molecule has 9 nitrogen and oxygen atoms in total. The molecule has 30 heavy (non-hydrogen) atoms. The summed E-state index contributed by atoms with van der Waals surface area (Å²) in [5.41, 5.74) is 2.11. The van der Waals surface area contributed by atoms with Gasteiger partial charge in [0.2, 0.25) is 11.8 Å². The van der Waals surface area contributed by atoms with Crippen molar-refractivity contribution in [2.45, 2.75) is 18.7 Å². The van der Waals surface area contributed by atoms with Crippen molar-refractivity contribution in [3.8, 4) is 22.9 Å². The summed E-state index contributed by atoms with van der Waals surface area (Å²) >= 11 is 0. The van der Waals surface area contributed by atoms with E-state index in [1.807, 2.05) is 6.07 Å². The van der Waals surface area contributed by atoms with Crippen LogP contribution in [0, 0.1) is 18.3 Å². The van der Waals surface area contributed by atoms with Gasteiger partial charge in [0.05, 0.1) is 30.0 Å². The molecule has 0 aliphatic carbocycles. The molecule has 3 aromatic rings. The fourth-order valence-electron chi connectivity index (χ4n) is 2.82. The third-order valence-electron chi connectivity index (χ3n) is 4.16. The Morgan fingerprint density at radius 1 is 1.20 bits per heavy atom. The van der Waals surface area contributed by atoms with Crippen molar-refractivity contribution in [2.24, 2.45) is 0 Å². The van der Waals surface area contributed by atoms with E-state index in [2.05, 4.69) is 15.2 Å². The number of aromatic nitrogens is 1. The number of ether oxygens (including phenoxy) is 1. The second-order valence-corrected chi connectivity index (χ2v) is 7.96. The van der Waals surface area contributed by atoms with Crippen LogP contribution in [0.5, 0.6) is 5.75 Å². The minimum atomic E-state index is -4.03. The SMILES string of the molecule is COc1ccc(-c2c(C)noc2NC(C)=O)cc1S(=O)(=O)Nc1ccc(C#N)cc1. The summed E-state index contributed by atoms with van der Waals surface area (Å²) in [6.45, 7) is 3.00. The lowest BCUT2D eigenvalue weighted by Gasteiger charge is -2.13. The zero-order valence-corrected chi connectivity index (χ0v) is 17.2. The summed E-state index contributed by atoms with van der Waals surface area (Å²) in [6, 6.07) is 12.5. The van der Waals surface area contributed by atoms with E-state index in [1.165, 1.54) is 50.4 Å². The van der Waals surface area contributed by atoms with Gasteiger partial charge in [0.1, 0.15) is 10.6 Å². The number of aryl methyl sites for hydroxylation is 1. The Bertz CT molecular complexity index is 1240. The van der Waals surface area contributed by atoms with E-state index in [1.54, 1.807) is 13.0 Å². The molecule has 3 rings (SSSR count). The number of nitrogens with zero attached hydrogens (tertiary/aromatic N) is 2. The zero-order chi connectivity index (χ0) is 21.9. The normalized spacial score (nSPS) is 10.9. The van der Waals surface area contributed by atoms with Crippen LogP contribution in [0.4, 0.5) is 11.6 Å². The number of sulfonamides is 1. The number of benzene rings is 2. The van der Waals surface area contributed by atoms with Gasteiger partial charge in [-0.25, -0.2) is 8.42 Å². The molecule has 1 heterocycles. The second-order valence-electron chi connectivity index (χ2n) is 6.31. The quantitative estimate of drug-likeness (QED) is 0.617. The maximum Gasteiger partial charge on any atom is 0.265 e. The minimum absolute atomic E-state index is 0.110. The number of nitrogens with one attached hydrogen (secondary N) is 2. The van der Waals surface area contributed by atoms with Crippen LogP contribution in [-0.4, -0.2) is 26.6 Å². The number of amides is 1. The molecule has 154 valence electrons. The Morgan fingerprint density at radius 2 is 1.90 bits per heavy atom. The van der Waals surface area contributed by atoms with E-state index in [0.717, 1.165) is 0 Å². The number of hydrogen-bond donors (Lipinski definition) is 2. The molecule has 0 saturated carbocycles. The summed E-state index contributed by atoms with van der Waals surface area (Å²) in [4.78, 5) is 11.3. The van der Waals surface area contributed by atoms with Gasteiger partial charge in [-0.15, -0.1) is 0 Å². The van der Waals surface area contributed by atoms with E-state index < -0.39 is 10.0 Å². The van der Waals surface area contributed by atoms with Gasteiger partial charge in [0, 0.05) is 12.6 Å². The highest BCUT2D eigenvalue weighted by Gasteiger charge is 2.23.